The van der Waals surface area contributed by atoms with Gasteiger partial charge in [-0.15, -0.1) is 0 Å². The van der Waals surface area contributed by atoms with E-state index >= 15 is 0 Å². The summed E-state index contributed by atoms with van der Waals surface area (Å²) in [5.41, 5.74) is 6.52. The fourth-order valence-corrected chi connectivity index (χ4v) is 3.66. The fourth-order valence-electron chi connectivity index (χ4n) is 3.66. The number of aromatic amines is 1. The molecule has 0 atom stereocenters. The average molecular weight is 356 g/mol. The van der Waals surface area contributed by atoms with Gasteiger partial charge in [-0.05, 0) is 31.0 Å². The summed E-state index contributed by atoms with van der Waals surface area (Å²) in [4.78, 5) is 16.7. The summed E-state index contributed by atoms with van der Waals surface area (Å²) in [6.45, 7) is 2.94. The first kappa shape index (κ1) is 15.8. The van der Waals surface area contributed by atoms with Crippen molar-refractivity contribution >= 4 is 11.3 Å². The molecule has 0 amide bonds. The van der Waals surface area contributed by atoms with E-state index in [0.717, 1.165) is 41.3 Å². The molecule has 2 N–H and O–H groups in total. The number of benzene rings is 2. The predicted molar refractivity (Wildman–Crippen MR) is 108 cm³/mol. The second-order valence-electron chi connectivity index (χ2n) is 6.89. The highest BCUT2D eigenvalue weighted by Gasteiger charge is 2.22. The molecule has 1 aliphatic rings. The molecule has 0 spiro atoms. The number of hydrogen-bond acceptors (Lipinski definition) is 2. The molecule has 5 heteroatoms. The first-order valence-electron chi connectivity index (χ1n) is 9.15. The van der Waals surface area contributed by atoms with Gasteiger partial charge in [-0.3, -0.25) is 4.79 Å². The molecule has 0 aliphatic carbocycles. The Balaban J connectivity index is 1.79. The van der Waals surface area contributed by atoms with E-state index in [1.165, 1.54) is 5.56 Å². The zero-order valence-electron chi connectivity index (χ0n) is 15.1. The van der Waals surface area contributed by atoms with Crippen LogP contribution in [0.5, 0.6) is 0 Å². The maximum absolute atomic E-state index is 13.3. The maximum atomic E-state index is 13.3. The van der Waals surface area contributed by atoms with Crippen molar-refractivity contribution < 1.29 is 0 Å². The lowest BCUT2D eigenvalue weighted by atomic mass is 10.1. The van der Waals surface area contributed by atoms with Gasteiger partial charge in [-0.1, -0.05) is 54.1 Å². The standard InChI is InChI=1S/C22H20N4O/c1-15-9-11-16(12-10-15)19-14-25-21(24-19)20(18-8-5-13-23-18)22(27)26(25)17-6-3-2-4-7-17/h2-4,6-12,14,23-24H,5,13H2,1H3. The van der Waals surface area contributed by atoms with Gasteiger partial charge >= 0.3 is 0 Å². The summed E-state index contributed by atoms with van der Waals surface area (Å²) >= 11 is 0. The number of nitrogens with one attached hydrogen (secondary N) is 2. The van der Waals surface area contributed by atoms with Crippen molar-refractivity contribution in [2.75, 3.05) is 6.54 Å². The van der Waals surface area contributed by atoms with Crippen molar-refractivity contribution in [3.63, 3.8) is 0 Å². The van der Waals surface area contributed by atoms with Gasteiger partial charge in [0.25, 0.3) is 5.56 Å². The minimum atomic E-state index is -0.0245. The van der Waals surface area contributed by atoms with Crippen molar-refractivity contribution in [3.8, 4) is 16.9 Å². The van der Waals surface area contributed by atoms with E-state index in [1.807, 2.05) is 41.0 Å². The van der Waals surface area contributed by atoms with Crippen molar-refractivity contribution in [1.82, 2.24) is 19.5 Å². The van der Waals surface area contributed by atoms with Gasteiger partial charge in [-0.25, -0.2) is 9.20 Å². The van der Waals surface area contributed by atoms with E-state index in [2.05, 4.69) is 47.6 Å². The first-order valence-corrected chi connectivity index (χ1v) is 9.15. The lowest BCUT2D eigenvalue weighted by Crippen LogP contribution is -2.21. The van der Waals surface area contributed by atoms with Gasteiger partial charge in [-0.2, -0.15) is 0 Å². The smallest absolute Gasteiger partial charge is 0.283 e. The molecule has 5 nitrogen and oxygen atoms in total. The molecule has 4 aromatic rings. The van der Waals surface area contributed by atoms with Crippen LogP contribution in [0.1, 0.15) is 17.5 Å². The van der Waals surface area contributed by atoms with Gasteiger partial charge in [0.1, 0.15) is 11.2 Å². The van der Waals surface area contributed by atoms with Gasteiger partial charge in [0.15, 0.2) is 0 Å². The Hall–Kier alpha value is -3.47. The monoisotopic (exact) mass is 356 g/mol. The quantitative estimate of drug-likeness (QED) is 0.588. The highest BCUT2D eigenvalue weighted by atomic mass is 16.1. The Morgan fingerprint density at radius 2 is 1.78 bits per heavy atom. The first-order chi connectivity index (χ1) is 13.2. The molecular weight excluding hydrogens is 336 g/mol. The summed E-state index contributed by atoms with van der Waals surface area (Å²) in [6.07, 6.45) is 5.02. The van der Waals surface area contributed by atoms with Crippen LogP contribution in [0.2, 0.25) is 0 Å². The number of nitrogens with zero attached hydrogens (tertiary/aromatic N) is 2. The normalized spacial score (nSPS) is 13.7. The van der Waals surface area contributed by atoms with Gasteiger partial charge in [0.05, 0.1) is 17.6 Å². The lowest BCUT2D eigenvalue weighted by Gasteiger charge is -2.03. The molecule has 0 fully saturated rings. The van der Waals surface area contributed by atoms with Crippen LogP contribution in [0, 0.1) is 6.92 Å². The molecule has 1 aliphatic heterocycles. The van der Waals surface area contributed by atoms with E-state index < -0.39 is 0 Å². The third kappa shape index (κ3) is 2.51. The number of H-pyrrole nitrogens is 1. The number of hydrogen-bond donors (Lipinski definition) is 2. The van der Waals surface area contributed by atoms with Crippen LogP contribution in [0.3, 0.4) is 0 Å². The van der Waals surface area contributed by atoms with Crippen LogP contribution in [-0.4, -0.2) is 20.7 Å². The van der Waals surface area contributed by atoms with Crippen molar-refractivity contribution in [2.24, 2.45) is 0 Å². The molecule has 2 aromatic carbocycles. The van der Waals surface area contributed by atoms with E-state index in [9.17, 15) is 4.79 Å². The van der Waals surface area contributed by atoms with E-state index in [4.69, 9.17) is 0 Å². The third-order valence-electron chi connectivity index (χ3n) is 5.03. The lowest BCUT2D eigenvalue weighted by molar-refractivity contribution is 0.779. The van der Waals surface area contributed by atoms with Crippen LogP contribution < -0.4 is 10.9 Å². The number of rotatable bonds is 3. The predicted octanol–water partition coefficient (Wildman–Crippen LogP) is 3.73. The number of para-hydroxylation sites is 1. The second-order valence-corrected chi connectivity index (χ2v) is 6.89. The van der Waals surface area contributed by atoms with Gasteiger partial charge < -0.3 is 10.3 Å². The minimum Gasteiger partial charge on any atom is -0.384 e. The Morgan fingerprint density at radius 1 is 1.00 bits per heavy atom. The maximum Gasteiger partial charge on any atom is 0.283 e. The summed E-state index contributed by atoms with van der Waals surface area (Å²) in [5.74, 6) is 0. The highest BCUT2D eigenvalue weighted by Crippen LogP contribution is 2.25. The highest BCUT2D eigenvalue weighted by molar-refractivity contribution is 5.78. The molecular formula is C22H20N4O. The average Bonchev–Trinajstić information content (AvgIpc) is 3.39. The Kier molecular flexibility index (Phi) is 3.53. The van der Waals surface area contributed by atoms with Crippen LogP contribution in [0.4, 0.5) is 0 Å². The van der Waals surface area contributed by atoms with Crippen molar-refractivity contribution in [2.45, 2.75) is 13.3 Å². The molecule has 5 rings (SSSR count). The molecule has 2 aromatic heterocycles. The Labute approximate surface area is 156 Å². The van der Waals surface area contributed by atoms with E-state index in [-0.39, 0.29) is 5.56 Å². The molecule has 0 saturated carbocycles. The fraction of sp³-hybridized carbons (Fsp3) is 0.136. The molecule has 0 saturated heterocycles. The zero-order chi connectivity index (χ0) is 18.4. The molecule has 134 valence electrons. The molecule has 0 radical (unpaired) electrons. The molecule has 3 heterocycles. The number of aryl methyl sites for hydroxylation is 1. The van der Waals surface area contributed by atoms with Gasteiger partial charge in [0, 0.05) is 12.2 Å². The molecule has 0 bridgehead atoms. The largest absolute Gasteiger partial charge is 0.384 e. The summed E-state index contributed by atoms with van der Waals surface area (Å²) in [7, 11) is 0. The number of aromatic nitrogens is 3. The second kappa shape index (κ2) is 6.06. The van der Waals surface area contributed by atoms with Crippen molar-refractivity contribution in [3.05, 3.63) is 88.4 Å². The number of fused-ring (bicyclic) bond motifs is 1. The SMILES string of the molecule is Cc1ccc(-c2cn3c([nH]2)c(C2=CCCN2)c(=O)n3-c2ccccc2)cc1. The van der Waals surface area contributed by atoms with Gasteiger partial charge in [0.2, 0.25) is 0 Å². The Morgan fingerprint density at radius 3 is 2.48 bits per heavy atom. The minimum absolute atomic E-state index is 0.0245. The third-order valence-corrected chi connectivity index (χ3v) is 5.03. The van der Waals surface area contributed by atoms with Crippen LogP contribution in [0.25, 0.3) is 28.3 Å². The van der Waals surface area contributed by atoms with Crippen LogP contribution in [-0.2, 0) is 0 Å². The Bertz CT molecular complexity index is 1210. The summed E-state index contributed by atoms with van der Waals surface area (Å²) in [5, 5.41) is 3.34. The topological polar surface area (TPSA) is 54.2 Å². The zero-order valence-corrected chi connectivity index (χ0v) is 15.1. The van der Waals surface area contributed by atoms with Crippen molar-refractivity contribution in [1.29, 1.82) is 0 Å². The van der Waals surface area contributed by atoms with Crippen LogP contribution in [0.15, 0.2) is 71.7 Å². The molecule has 0 unspecified atom stereocenters. The van der Waals surface area contributed by atoms with E-state index in [1.54, 1.807) is 4.68 Å². The van der Waals surface area contributed by atoms with Crippen LogP contribution >= 0.6 is 0 Å². The van der Waals surface area contributed by atoms with E-state index in [0.29, 0.717) is 5.56 Å². The number of imidazole rings is 1. The summed E-state index contributed by atoms with van der Waals surface area (Å²) in [6, 6.07) is 18.1. The molecule has 27 heavy (non-hydrogen) atoms. The summed E-state index contributed by atoms with van der Waals surface area (Å²) < 4.78 is 3.64.